The molecule has 13 heavy (non-hydrogen) atoms. The van der Waals surface area contributed by atoms with Crippen molar-refractivity contribution in [2.45, 2.75) is 6.54 Å². The number of hydrogen-bond donors (Lipinski definition) is 0. The van der Waals surface area contributed by atoms with Crippen LogP contribution in [0.25, 0.3) is 0 Å². The highest BCUT2D eigenvalue weighted by Gasteiger charge is 1.93. The number of aromatic nitrogens is 2. The lowest BCUT2D eigenvalue weighted by atomic mass is 10.1. The van der Waals surface area contributed by atoms with E-state index in [1.165, 1.54) is 5.56 Å². The molecule has 0 N–H and O–H groups in total. The molecule has 0 amide bonds. The Morgan fingerprint density at radius 3 is 3.00 bits per heavy atom. The van der Waals surface area contributed by atoms with Crippen molar-refractivity contribution in [3.8, 4) is 0 Å². The van der Waals surface area contributed by atoms with Crippen molar-refractivity contribution in [1.82, 2.24) is 9.55 Å². The van der Waals surface area contributed by atoms with Gasteiger partial charge in [0.2, 0.25) is 0 Å². The van der Waals surface area contributed by atoms with Gasteiger partial charge >= 0.3 is 0 Å². The minimum absolute atomic E-state index is 0.864. The molecule has 1 aromatic heterocycles. The molecule has 2 aromatic rings. The van der Waals surface area contributed by atoms with Crippen molar-refractivity contribution < 1.29 is 0 Å². The van der Waals surface area contributed by atoms with Crippen molar-refractivity contribution in [2.75, 3.05) is 0 Å². The Hall–Kier alpha value is -1.57. The van der Waals surface area contributed by atoms with Crippen LogP contribution >= 0.6 is 0 Å². The molecule has 0 unspecified atom stereocenters. The highest BCUT2D eigenvalue weighted by atomic mass is 15.0. The summed E-state index contributed by atoms with van der Waals surface area (Å²) in [5.41, 5.74) is 2.31. The summed E-state index contributed by atoms with van der Waals surface area (Å²) in [4.78, 5) is 3.99. The van der Waals surface area contributed by atoms with Gasteiger partial charge in [0.05, 0.1) is 6.33 Å². The van der Waals surface area contributed by atoms with Gasteiger partial charge in [-0.25, -0.2) is 4.98 Å². The number of rotatable bonds is 2. The molecular formula is C11H11N2. The predicted molar refractivity (Wildman–Crippen MR) is 52.2 cm³/mol. The van der Waals surface area contributed by atoms with Gasteiger partial charge in [-0.2, -0.15) is 0 Å². The van der Waals surface area contributed by atoms with Gasteiger partial charge in [-0.1, -0.05) is 24.3 Å². The van der Waals surface area contributed by atoms with E-state index in [-0.39, 0.29) is 0 Å². The van der Waals surface area contributed by atoms with E-state index >= 15 is 0 Å². The Labute approximate surface area is 77.9 Å². The van der Waals surface area contributed by atoms with Gasteiger partial charge in [-0.3, -0.25) is 0 Å². The van der Waals surface area contributed by atoms with E-state index in [0.29, 0.717) is 0 Å². The summed E-state index contributed by atoms with van der Waals surface area (Å²) in [6.07, 6.45) is 5.56. The van der Waals surface area contributed by atoms with Crippen LogP contribution < -0.4 is 0 Å². The Morgan fingerprint density at radius 2 is 2.31 bits per heavy atom. The maximum Gasteiger partial charge on any atom is 0.0949 e. The highest BCUT2D eigenvalue weighted by molar-refractivity contribution is 5.25. The van der Waals surface area contributed by atoms with Crippen molar-refractivity contribution in [3.63, 3.8) is 0 Å². The molecule has 0 fully saturated rings. The molecule has 1 heterocycles. The van der Waals surface area contributed by atoms with Gasteiger partial charge in [0.25, 0.3) is 0 Å². The number of imidazole rings is 1. The van der Waals surface area contributed by atoms with Gasteiger partial charge < -0.3 is 4.57 Å². The third kappa shape index (κ3) is 1.96. The van der Waals surface area contributed by atoms with E-state index in [1.807, 2.05) is 29.2 Å². The minimum Gasteiger partial charge on any atom is -0.333 e. The second kappa shape index (κ2) is 3.44. The Kier molecular flexibility index (Phi) is 2.13. The van der Waals surface area contributed by atoms with Gasteiger partial charge in [-0.15, -0.1) is 0 Å². The lowest BCUT2D eigenvalue weighted by Gasteiger charge is -2.02. The number of nitrogens with zero attached hydrogens (tertiary/aromatic N) is 2. The lowest BCUT2D eigenvalue weighted by molar-refractivity contribution is 0.797. The van der Waals surface area contributed by atoms with E-state index in [1.54, 1.807) is 6.20 Å². The SMILES string of the molecule is [CH2]c1cccc(Cn2ccnc2)c1. The van der Waals surface area contributed by atoms with Crippen LogP contribution in [0.1, 0.15) is 11.1 Å². The molecule has 1 aromatic carbocycles. The second-order valence-corrected chi connectivity index (χ2v) is 3.05. The first-order valence-electron chi connectivity index (χ1n) is 4.21. The smallest absolute Gasteiger partial charge is 0.0949 e. The molecular weight excluding hydrogens is 160 g/mol. The van der Waals surface area contributed by atoms with E-state index in [9.17, 15) is 0 Å². The van der Waals surface area contributed by atoms with E-state index in [2.05, 4.69) is 24.0 Å². The summed E-state index contributed by atoms with van der Waals surface area (Å²) < 4.78 is 2.04. The van der Waals surface area contributed by atoms with E-state index in [4.69, 9.17) is 0 Å². The van der Waals surface area contributed by atoms with E-state index in [0.717, 1.165) is 12.1 Å². The molecule has 0 atom stereocenters. The number of hydrogen-bond acceptors (Lipinski definition) is 1. The maximum atomic E-state index is 3.99. The van der Waals surface area contributed by atoms with Crippen LogP contribution in [0.2, 0.25) is 0 Å². The van der Waals surface area contributed by atoms with Crippen LogP contribution in [0, 0.1) is 6.92 Å². The third-order valence-electron chi connectivity index (χ3n) is 1.92. The lowest BCUT2D eigenvalue weighted by Crippen LogP contribution is -1.95. The summed E-state index contributed by atoms with van der Waals surface area (Å²) in [5.74, 6) is 0. The molecule has 1 radical (unpaired) electrons. The third-order valence-corrected chi connectivity index (χ3v) is 1.92. The normalized spacial score (nSPS) is 10.2. The highest BCUT2D eigenvalue weighted by Crippen LogP contribution is 2.05. The average Bonchev–Trinajstić information content (AvgIpc) is 2.57. The second-order valence-electron chi connectivity index (χ2n) is 3.05. The molecule has 65 valence electrons. The molecule has 2 nitrogen and oxygen atoms in total. The monoisotopic (exact) mass is 171 g/mol. The zero-order chi connectivity index (χ0) is 9.10. The zero-order valence-corrected chi connectivity index (χ0v) is 7.35. The topological polar surface area (TPSA) is 17.8 Å². The van der Waals surface area contributed by atoms with Crippen molar-refractivity contribution in [1.29, 1.82) is 0 Å². The Balaban J connectivity index is 2.19. The molecule has 0 saturated carbocycles. The van der Waals surface area contributed by atoms with Crippen LogP contribution in [0.4, 0.5) is 0 Å². The molecule has 2 rings (SSSR count). The summed E-state index contributed by atoms with van der Waals surface area (Å²) in [5, 5.41) is 0. The standard InChI is InChI=1S/C11H11N2/c1-10-3-2-4-11(7-10)8-13-6-5-12-9-13/h2-7,9H,1,8H2. The Bertz CT molecular complexity index is 377. The first-order valence-corrected chi connectivity index (χ1v) is 4.21. The van der Waals surface area contributed by atoms with Crippen molar-refractivity contribution in [2.24, 2.45) is 0 Å². The molecule has 0 spiro atoms. The molecule has 0 aliphatic rings. The average molecular weight is 171 g/mol. The van der Waals surface area contributed by atoms with E-state index < -0.39 is 0 Å². The molecule has 0 aliphatic carbocycles. The fraction of sp³-hybridized carbons (Fsp3) is 0.0909. The van der Waals surface area contributed by atoms with Crippen molar-refractivity contribution in [3.05, 3.63) is 61.0 Å². The fourth-order valence-electron chi connectivity index (χ4n) is 1.32. The van der Waals surface area contributed by atoms with Crippen LogP contribution in [-0.2, 0) is 6.54 Å². The van der Waals surface area contributed by atoms with Gasteiger partial charge in [0.1, 0.15) is 0 Å². The zero-order valence-electron chi connectivity index (χ0n) is 7.35. The first kappa shape index (κ1) is 8.05. The van der Waals surface area contributed by atoms with Crippen LogP contribution in [0.5, 0.6) is 0 Å². The summed E-state index contributed by atoms with van der Waals surface area (Å²) in [6, 6.07) is 8.20. The van der Waals surface area contributed by atoms with Crippen LogP contribution in [0.3, 0.4) is 0 Å². The van der Waals surface area contributed by atoms with Gasteiger partial charge in [-0.05, 0) is 18.1 Å². The Morgan fingerprint density at radius 1 is 1.38 bits per heavy atom. The summed E-state index contributed by atoms with van der Waals surface area (Å²) in [6.45, 7) is 4.75. The maximum absolute atomic E-state index is 3.99. The summed E-state index contributed by atoms with van der Waals surface area (Å²) in [7, 11) is 0. The first-order chi connectivity index (χ1) is 6.34. The minimum atomic E-state index is 0.864. The van der Waals surface area contributed by atoms with Crippen LogP contribution in [0.15, 0.2) is 43.0 Å². The predicted octanol–water partition coefficient (Wildman–Crippen LogP) is 2.11. The van der Waals surface area contributed by atoms with Crippen LogP contribution in [-0.4, -0.2) is 9.55 Å². The largest absolute Gasteiger partial charge is 0.333 e. The molecule has 0 bridgehead atoms. The fourth-order valence-corrected chi connectivity index (χ4v) is 1.32. The quantitative estimate of drug-likeness (QED) is 0.676. The molecule has 2 heteroatoms. The summed E-state index contributed by atoms with van der Waals surface area (Å²) >= 11 is 0. The number of benzene rings is 1. The van der Waals surface area contributed by atoms with Crippen molar-refractivity contribution >= 4 is 0 Å². The molecule has 0 saturated heterocycles. The van der Waals surface area contributed by atoms with Gasteiger partial charge in [0.15, 0.2) is 0 Å². The van der Waals surface area contributed by atoms with Gasteiger partial charge in [0, 0.05) is 18.9 Å². The molecule has 0 aliphatic heterocycles.